The lowest BCUT2D eigenvalue weighted by Gasteiger charge is -2.37. The van der Waals surface area contributed by atoms with Crippen LogP contribution in [0.4, 0.5) is 11.4 Å². The molecule has 128 valence electrons. The van der Waals surface area contributed by atoms with Crippen molar-refractivity contribution in [1.29, 1.82) is 0 Å². The van der Waals surface area contributed by atoms with Crippen molar-refractivity contribution in [2.75, 3.05) is 34.8 Å². The molecular formula is C16H24N2O4S. The number of carbonyl (C=O) groups excluding carboxylic acids is 1. The van der Waals surface area contributed by atoms with Crippen molar-refractivity contribution in [1.82, 2.24) is 0 Å². The Balaban J connectivity index is 2.16. The number of ether oxygens (including phenoxy) is 1. The third-order valence-corrected chi connectivity index (χ3v) is 5.31. The number of carbonyl (C=O) groups is 1. The fourth-order valence-corrected chi connectivity index (χ4v) is 3.39. The Bertz CT molecular complexity index is 650. The van der Waals surface area contributed by atoms with Gasteiger partial charge in [-0.2, -0.15) is 0 Å². The quantitative estimate of drug-likeness (QED) is 0.882. The minimum Gasteiger partial charge on any atom is -0.372 e. The van der Waals surface area contributed by atoms with E-state index in [1.54, 1.807) is 6.07 Å². The van der Waals surface area contributed by atoms with E-state index >= 15 is 0 Å². The Kier molecular flexibility index (Phi) is 5.64. The molecule has 1 N–H and O–H groups in total. The van der Waals surface area contributed by atoms with Crippen LogP contribution in [0.15, 0.2) is 24.3 Å². The monoisotopic (exact) mass is 340 g/mol. The van der Waals surface area contributed by atoms with Crippen LogP contribution in [0.25, 0.3) is 0 Å². The molecule has 0 spiro atoms. The molecule has 0 aliphatic carbocycles. The molecular weight excluding hydrogens is 316 g/mol. The van der Waals surface area contributed by atoms with Gasteiger partial charge in [0.05, 0.1) is 23.6 Å². The summed E-state index contributed by atoms with van der Waals surface area (Å²) in [5, 5.41) is 2.73. The van der Waals surface area contributed by atoms with Gasteiger partial charge in [0.1, 0.15) is 5.75 Å². The SMILES string of the molecule is CCS(=O)(=O)CC(=O)Nc1ccccc1N1CC(C)OC(C)C1. The summed E-state index contributed by atoms with van der Waals surface area (Å²) in [6.07, 6.45) is 0.200. The molecule has 23 heavy (non-hydrogen) atoms. The molecule has 1 fully saturated rings. The van der Waals surface area contributed by atoms with E-state index in [0.29, 0.717) is 5.69 Å². The number of para-hydroxylation sites is 2. The number of morpholine rings is 1. The van der Waals surface area contributed by atoms with Crippen molar-refractivity contribution in [2.24, 2.45) is 0 Å². The number of nitrogens with one attached hydrogen (secondary N) is 1. The number of nitrogens with zero attached hydrogens (tertiary/aromatic N) is 1. The number of hydrogen-bond acceptors (Lipinski definition) is 5. The summed E-state index contributed by atoms with van der Waals surface area (Å²) < 4.78 is 28.9. The molecule has 1 aromatic rings. The van der Waals surface area contributed by atoms with Gasteiger partial charge in [0.2, 0.25) is 5.91 Å². The van der Waals surface area contributed by atoms with E-state index < -0.39 is 21.5 Å². The standard InChI is InChI=1S/C16H24N2O4S/c1-4-23(20,21)11-16(19)17-14-7-5-6-8-15(14)18-9-12(2)22-13(3)10-18/h5-8,12-13H,4,9-11H2,1-3H3,(H,17,19). The van der Waals surface area contributed by atoms with Gasteiger partial charge in [-0.1, -0.05) is 19.1 Å². The lowest BCUT2D eigenvalue weighted by Crippen LogP contribution is -2.45. The molecule has 1 aromatic carbocycles. The van der Waals surface area contributed by atoms with Crippen molar-refractivity contribution in [3.05, 3.63) is 24.3 Å². The smallest absolute Gasteiger partial charge is 0.239 e. The summed E-state index contributed by atoms with van der Waals surface area (Å²) in [5.41, 5.74) is 1.52. The number of amides is 1. The second-order valence-corrected chi connectivity index (χ2v) is 8.26. The molecule has 0 aromatic heterocycles. The summed E-state index contributed by atoms with van der Waals surface area (Å²) in [4.78, 5) is 14.2. The molecule has 2 atom stereocenters. The van der Waals surface area contributed by atoms with E-state index in [1.807, 2.05) is 32.0 Å². The van der Waals surface area contributed by atoms with Crippen LogP contribution < -0.4 is 10.2 Å². The summed E-state index contributed by atoms with van der Waals surface area (Å²) in [6.45, 7) is 7.01. The lowest BCUT2D eigenvalue weighted by atomic mass is 10.1. The van der Waals surface area contributed by atoms with Gasteiger partial charge >= 0.3 is 0 Å². The van der Waals surface area contributed by atoms with Gasteiger partial charge < -0.3 is 15.0 Å². The number of rotatable bonds is 5. The molecule has 1 heterocycles. The van der Waals surface area contributed by atoms with E-state index in [-0.39, 0.29) is 18.0 Å². The average molecular weight is 340 g/mol. The summed E-state index contributed by atoms with van der Waals surface area (Å²) >= 11 is 0. The number of hydrogen-bond donors (Lipinski definition) is 1. The minimum absolute atomic E-state index is 0.0411. The van der Waals surface area contributed by atoms with Gasteiger partial charge in [-0.3, -0.25) is 4.79 Å². The van der Waals surface area contributed by atoms with Crippen LogP contribution in [0.5, 0.6) is 0 Å². The zero-order valence-electron chi connectivity index (χ0n) is 13.8. The van der Waals surface area contributed by atoms with E-state index in [4.69, 9.17) is 4.74 Å². The molecule has 1 amide bonds. The first-order chi connectivity index (χ1) is 10.8. The first-order valence-corrected chi connectivity index (χ1v) is 9.62. The predicted molar refractivity (Wildman–Crippen MR) is 91.6 cm³/mol. The van der Waals surface area contributed by atoms with Gasteiger partial charge in [0.15, 0.2) is 9.84 Å². The second kappa shape index (κ2) is 7.31. The number of benzene rings is 1. The fourth-order valence-electron chi connectivity index (χ4n) is 2.72. The molecule has 1 aliphatic heterocycles. The molecule has 6 nitrogen and oxygen atoms in total. The average Bonchev–Trinajstić information content (AvgIpc) is 2.46. The van der Waals surface area contributed by atoms with Crippen LogP contribution in [0.3, 0.4) is 0 Å². The van der Waals surface area contributed by atoms with Crippen LogP contribution in [0, 0.1) is 0 Å². The minimum atomic E-state index is -3.34. The largest absolute Gasteiger partial charge is 0.372 e. The highest BCUT2D eigenvalue weighted by Crippen LogP contribution is 2.28. The normalized spacial score (nSPS) is 22.0. The zero-order chi connectivity index (χ0) is 17.0. The summed E-state index contributed by atoms with van der Waals surface area (Å²) in [7, 11) is -3.34. The van der Waals surface area contributed by atoms with Crippen LogP contribution in [0.2, 0.25) is 0 Å². The molecule has 2 unspecified atom stereocenters. The molecule has 0 radical (unpaired) electrons. The Morgan fingerprint density at radius 3 is 2.48 bits per heavy atom. The molecule has 0 bridgehead atoms. The van der Waals surface area contributed by atoms with Crippen LogP contribution in [-0.4, -0.2) is 51.1 Å². The maximum Gasteiger partial charge on any atom is 0.239 e. The zero-order valence-corrected chi connectivity index (χ0v) is 14.6. The van der Waals surface area contributed by atoms with Crippen LogP contribution in [0.1, 0.15) is 20.8 Å². The Morgan fingerprint density at radius 1 is 1.26 bits per heavy atom. The third kappa shape index (κ3) is 4.94. The van der Waals surface area contributed by atoms with Crippen molar-refractivity contribution in [3.8, 4) is 0 Å². The maximum atomic E-state index is 12.0. The number of sulfone groups is 1. The molecule has 1 saturated heterocycles. The Labute approximate surface area is 137 Å². The van der Waals surface area contributed by atoms with Crippen molar-refractivity contribution >= 4 is 27.1 Å². The van der Waals surface area contributed by atoms with Crippen molar-refractivity contribution in [2.45, 2.75) is 33.0 Å². The lowest BCUT2D eigenvalue weighted by molar-refractivity contribution is -0.113. The fraction of sp³-hybridized carbons (Fsp3) is 0.562. The maximum absolute atomic E-state index is 12.0. The predicted octanol–water partition coefficient (Wildman–Crippen LogP) is 1.67. The van der Waals surface area contributed by atoms with E-state index in [1.165, 1.54) is 6.92 Å². The van der Waals surface area contributed by atoms with Crippen LogP contribution in [-0.2, 0) is 19.4 Å². The summed E-state index contributed by atoms with van der Waals surface area (Å²) in [6, 6.07) is 7.44. The molecule has 1 aliphatic rings. The van der Waals surface area contributed by atoms with Gasteiger partial charge in [0.25, 0.3) is 0 Å². The first-order valence-electron chi connectivity index (χ1n) is 7.80. The van der Waals surface area contributed by atoms with E-state index in [0.717, 1.165) is 18.8 Å². The highest BCUT2D eigenvalue weighted by Gasteiger charge is 2.24. The highest BCUT2D eigenvalue weighted by atomic mass is 32.2. The second-order valence-electron chi connectivity index (χ2n) is 5.90. The highest BCUT2D eigenvalue weighted by molar-refractivity contribution is 7.92. The number of anilines is 2. The molecule has 7 heteroatoms. The molecule has 2 rings (SSSR count). The molecule has 0 saturated carbocycles. The van der Waals surface area contributed by atoms with Crippen LogP contribution >= 0.6 is 0 Å². The van der Waals surface area contributed by atoms with Gasteiger partial charge in [-0.25, -0.2) is 8.42 Å². The van der Waals surface area contributed by atoms with Crippen molar-refractivity contribution < 1.29 is 17.9 Å². The van der Waals surface area contributed by atoms with Crippen molar-refractivity contribution in [3.63, 3.8) is 0 Å². The van der Waals surface area contributed by atoms with Gasteiger partial charge in [-0.05, 0) is 26.0 Å². The Hall–Kier alpha value is -1.60. The summed E-state index contributed by atoms with van der Waals surface area (Å²) in [5.74, 6) is -1.04. The van der Waals surface area contributed by atoms with E-state index in [9.17, 15) is 13.2 Å². The third-order valence-electron chi connectivity index (χ3n) is 3.73. The first kappa shape index (κ1) is 17.7. The topological polar surface area (TPSA) is 75.7 Å². The Morgan fingerprint density at radius 2 is 1.87 bits per heavy atom. The van der Waals surface area contributed by atoms with Gasteiger partial charge in [0, 0.05) is 18.8 Å². The van der Waals surface area contributed by atoms with Gasteiger partial charge in [-0.15, -0.1) is 0 Å². The van der Waals surface area contributed by atoms with E-state index in [2.05, 4.69) is 10.2 Å².